The van der Waals surface area contributed by atoms with Crippen LogP contribution >= 0.6 is 11.6 Å². The fourth-order valence-corrected chi connectivity index (χ4v) is 2.72. The lowest BCUT2D eigenvalue weighted by molar-refractivity contribution is -0.137. The number of amides is 1. The number of carboxylic acid groups (broad SMARTS) is 1. The van der Waals surface area contributed by atoms with E-state index in [1.807, 2.05) is 13.8 Å². The lowest BCUT2D eigenvalue weighted by atomic mass is 9.88. The summed E-state index contributed by atoms with van der Waals surface area (Å²) in [5.74, 6) is -0.0574. The number of hydrogen-bond acceptors (Lipinski definition) is 4. The number of alkyl halides is 3. The van der Waals surface area contributed by atoms with Gasteiger partial charge in [-0.25, -0.2) is 14.8 Å². The van der Waals surface area contributed by atoms with Crippen LogP contribution < -0.4 is 5.32 Å². The summed E-state index contributed by atoms with van der Waals surface area (Å²) < 4.78 is 37.8. The fraction of sp³-hybridized carbons (Fsp3) is 0.615. The number of aromatic nitrogens is 2. The van der Waals surface area contributed by atoms with E-state index in [4.69, 9.17) is 11.6 Å². The lowest BCUT2D eigenvalue weighted by Gasteiger charge is -2.43. The molecule has 1 aromatic heterocycles. The molecule has 0 radical (unpaired) electrons. The van der Waals surface area contributed by atoms with Gasteiger partial charge in [0.2, 0.25) is 5.95 Å². The zero-order valence-corrected chi connectivity index (χ0v) is 13.2. The highest BCUT2D eigenvalue weighted by molar-refractivity contribution is 6.30. The SMILES string of the molecule is CC1(C)CCC(Nc2ncc(C(F)(F)F)c(Cl)n2)CN1C(=O)O. The fourth-order valence-electron chi connectivity index (χ4n) is 2.48. The van der Waals surface area contributed by atoms with Gasteiger partial charge < -0.3 is 15.3 Å². The number of halogens is 4. The summed E-state index contributed by atoms with van der Waals surface area (Å²) in [4.78, 5) is 19.8. The van der Waals surface area contributed by atoms with Crippen molar-refractivity contribution in [2.24, 2.45) is 0 Å². The van der Waals surface area contributed by atoms with Crippen molar-refractivity contribution in [2.75, 3.05) is 11.9 Å². The van der Waals surface area contributed by atoms with E-state index in [1.165, 1.54) is 4.90 Å². The van der Waals surface area contributed by atoms with Crippen molar-refractivity contribution in [1.29, 1.82) is 0 Å². The predicted octanol–water partition coefficient (Wildman–Crippen LogP) is 3.48. The first-order chi connectivity index (χ1) is 10.5. The minimum absolute atomic E-state index is 0.0574. The average Bonchev–Trinajstić information content (AvgIpc) is 2.39. The maximum Gasteiger partial charge on any atom is 0.420 e. The molecule has 1 saturated heterocycles. The van der Waals surface area contributed by atoms with Gasteiger partial charge in [0.25, 0.3) is 0 Å². The second-order valence-corrected chi connectivity index (χ2v) is 6.34. The van der Waals surface area contributed by atoms with Gasteiger partial charge in [-0.2, -0.15) is 13.2 Å². The summed E-state index contributed by atoms with van der Waals surface area (Å²) in [5.41, 5.74) is -1.61. The van der Waals surface area contributed by atoms with Crippen LogP contribution in [-0.2, 0) is 6.18 Å². The van der Waals surface area contributed by atoms with E-state index in [0.29, 0.717) is 19.0 Å². The normalized spacial score (nSPS) is 21.1. The summed E-state index contributed by atoms with van der Waals surface area (Å²) in [5, 5.41) is 11.4. The van der Waals surface area contributed by atoms with E-state index in [-0.39, 0.29) is 18.5 Å². The van der Waals surface area contributed by atoms with Crippen LogP contribution in [0.4, 0.5) is 23.9 Å². The molecular weight excluding hydrogens is 337 g/mol. The molecule has 0 spiro atoms. The Morgan fingerprint density at radius 1 is 1.52 bits per heavy atom. The topological polar surface area (TPSA) is 78.4 Å². The summed E-state index contributed by atoms with van der Waals surface area (Å²) >= 11 is 5.54. The molecule has 1 aliphatic rings. The number of nitrogens with zero attached hydrogens (tertiary/aromatic N) is 3. The molecule has 1 unspecified atom stereocenters. The molecule has 128 valence electrons. The molecule has 1 amide bonds. The van der Waals surface area contributed by atoms with Crippen molar-refractivity contribution in [2.45, 2.75) is 44.4 Å². The molecule has 2 N–H and O–H groups in total. The zero-order chi connectivity index (χ0) is 17.4. The van der Waals surface area contributed by atoms with E-state index >= 15 is 0 Å². The lowest BCUT2D eigenvalue weighted by Crippen LogP contribution is -2.55. The number of likely N-dealkylation sites (tertiary alicyclic amines) is 1. The largest absolute Gasteiger partial charge is 0.465 e. The standard InChI is InChI=1S/C13H16ClF3N4O2/c1-12(2)4-3-7(6-21(12)11(22)23)19-10-18-5-8(9(14)20-10)13(15,16)17/h5,7H,3-4,6H2,1-2H3,(H,22,23)(H,18,19,20). The Morgan fingerprint density at radius 3 is 2.70 bits per heavy atom. The van der Waals surface area contributed by atoms with Gasteiger partial charge in [0, 0.05) is 24.3 Å². The molecule has 0 aromatic carbocycles. The van der Waals surface area contributed by atoms with Crippen LogP contribution in [0, 0.1) is 0 Å². The Morgan fingerprint density at radius 2 is 2.17 bits per heavy atom. The third-order valence-electron chi connectivity index (χ3n) is 3.85. The van der Waals surface area contributed by atoms with Crippen LogP contribution in [0.2, 0.25) is 5.15 Å². The highest BCUT2D eigenvalue weighted by atomic mass is 35.5. The smallest absolute Gasteiger partial charge is 0.420 e. The van der Waals surface area contributed by atoms with Gasteiger partial charge in [-0.1, -0.05) is 11.6 Å². The first kappa shape index (κ1) is 17.6. The van der Waals surface area contributed by atoms with E-state index in [0.717, 1.165) is 0 Å². The Balaban J connectivity index is 2.11. The summed E-state index contributed by atoms with van der Waals surface area (Å²) in [7, 11) is 0. The van der Waals surface area contributed by atoms with Crippen LogP contribution in [0.5, 0.6) is 0 Å². The predicted molar refractivity (Wildman–Crippen MR) is 77.5 cm³/mol. The number of nitrogens with one attached hydrogen (secondary N) is 1. The molecule has 1 fully saturated rings. The Bertz CT molecular complexity index is 609. The van der Waals surface area contributed by atoms with E-state index in [1.54, 1.807) is 0 Å². The molecule has 0 saturated carbocycles. The Labute approximate surface area is 135 Å². The van der Waals surface area contributed by atoms with Gasteiger partial charge in [0.15, 0.2) is 0 Å². The molecule has 2 rings (SSSR count). The van der Waals surface area contributed by atoms with Crippen molar-refractivity contribution < 1.29 is 23.1 Å². The van der Waals surface area contributed by atoms with Crippen molar-refractivity contribution in [3.63, 3.8) is 0 Å². The highest BCUT2D eigenvalue weighted by Gasteiger charge is 2.38. The molecule has 0 aliphatic carbocycles. The second kappa shape index (κ2) is 6.03. The average molecular weight is 353 g/mol. The monoisotopic (exact) mass is 352 g/mol. The number of piperidine rings is 1. The van der Waals surface area contributed by atoms with Crippen LogP contribution in [-0.4, -0.2) is 44.2 Å². The minimum atomic E-state index is -4.62. The second-order valence-electron chi connectivity index (χ2n) is 5.98. The van der Waals surface area contributed by atoms with Gasteiger partial charge in [-0.05, 0) is 26.7 Å². The molecule has 1 atom stereocenters. The first-order valence-corrected chi connectivity index (χ1v) is 7.25. The van der Waals surface area contributed by atoms with Crippen molar-refractivity contribution in [1.82, 2.24) is 14.9 Å². The summed E-state index contributed by atoms with van der Waals surface area (Å²) in [6.45, 7) is 3.83. The molecule has 6 nitrogen and oxygen atoms in total. The van der Waals surface area contributed by atoms with Crippen LogP contribution in [0.15, 0.2) is 6.20 Å². The Kier molecular flexibility index (Phi) is 4.61. The molecule has 1 aliphatic heterocycles. The summed E-state index contributed by atoms with van der Waals surface area (Å²) in [6, 6.07) is -0.299. The first-order valence-electron chi connectivity index (χ1n) is 6.87. The highest BCUT2D eigenvalue weighted by Crippen LogP contribution is 2.34. The van der Waals surface area contributed by atoms with Gasteiger partial charge in [-0.15, -0.1) is 0 Å². The molecular formula is C13H16ClF3N4O2. The number of anilines is 1. The molecule has 1 aromatic rings. The van der Waals surface area contributed by atoms with E-state index in [2.05, 4.69) is 15.3 Å². The molecule has 23 heavy (non-hydrogen) atoms. The minimum Gasteiger partial charge on any atom is -0.465 e. The van der Waals surface area contributed by atoms with Gasteiger partial charge in [0.05, 0.1) is 0 Å². The third-order valence-corrected chi connectivity index (χ3v) is 4.14. The number of rotatable bonds is 2. The Hall–Kier alpha value is -1.77. The zero-order valence-electron chi connectivity index (χ0n) is 12.5. The van der Waals surface area contributed by atoms with Gasteiger partial charge in [-0.3, -0.25) is 0 Å². The summed E-state index contributed by atoms with van der Waals surface area (Å²) in [6.07, 6.45) is -3.82. The van der Waals surface area contributed by atoms with Gasteiger partial charge >= 0.3 is 12.3 Å². The van der Waals surface area contributed by atoms with Gasteiger partial charge in [0.1, 0.15) is 10.7 Å². The van der Waals surface area contributed by atoms with Crippen LogP contribution in [0.25, 0.3) is 0 Å². The third kappa shape index (κ3) is 3.95. The number of hydrogen-bond donors (Lipinski definition) is 2. The quantitative estimate of drug-likeness (QED) is 0.797. The van der Waals surface area contributed by atoms with E-state index < -0.39 is 28.5 Å². The van der Waals surface area contributed by atoms with Crippen molar-refractivity contribution in [3.05, 3.63) is 16.9 Å². The molecule has 10 heteroatoms. The van der Waals surface area contributed by atoms with E-state index in [9.17, 15) is 23.1 Å². The molecule has 2 heterocycles. The maximum atomic E-state index is 12.6. The van der Waals surface area contributed by atoms with Crippen LogP contribution in [0.3, 0.4) is 0 Å². The van der Waals surface area contributed by atoms with Crippen molar-refractivity contribution in [3.8, 4) is 0 Å². The maximum absolute atomic E-state index is 12.6. The molecule has 0 bridgehead atoms. The number of carbonyl (C=O) groups is 1. The van der Waals surface area contributed by atoms with Crippen LogP contribution in [0.1, 0.15) is 32.3 Å². The van der Waals surface area contributed by atoms with Crippen molar-refractivity contribution >= 4 is 23.6 Å².